The van der Waals surface area contributed by atoms with E-state index in [9.17, 15) is 0 Å². The number of rotatable bonds is 2. The zero-order chi connectivity index (χ0) is 13.4. The first-order chi connectivity index (χ1) is 9.13. The number of hydrogen-bond donors (Lipinski definition) is 1. The number of anilines is 2. The van der Waals surface area contributed by atoms with E-state index in [0.29, 0.717) is 5.95 Å². The summed E-state index contributed by atoms with van der Waals surface area (Å²) in [4.78, 5) is 13.1. The summed E-state index contributed by atoms with van der Waals surface area (Å²) in [6.45, 7) is 1.95. The van der Waals surface area contributed by atoms with Gasteiger partial charge in [0.05, 0.1) is 6.20 Å². The lowest BCUT2D eigenvalue weighted by Crippen LogP contribution is -1.99. The summed E-state index contributed by atoms with van der Waals surface area (Å²) in [6.07, 6.45) is 1.73. The van der Waals surface area contributed by atoms with Crippen molar-refractivity contribution in [1.82, 2.24) is 19.5 Å². The van der Waals surface area contributed by atoms with E-state index in [2.05, 4.69) is 36.2 Å². The Labute approximate surface area is 118 Å². The molecule has 0 fully saturated rings. The molecule has 6 heteroatoms. The number of nitrogens with zero attached hydrogens (tertiary/aromatic N) is 4. The third kappa shape index (κ3) is 2.31. The summed E-state index contributed by atoms with van der Waals surface area (Å²) in [5.74, 6) is 1.49. The minimum absolute atomic E-state index is 0.567. The van der Waals surface area contributed by atoms with E-state index in [4.69, 9.17) is 0 Å². The van der Waals surface area contributed by atoms with Crippen LogP contribution in [0.4, 0.5) is 11.6 Å². The number of fused-ring (bicyclic) bond motifs is 1. The molecule has 2 aromatic heterocycles. The van der Waals surface area contributed by atoms with E-state index in [1.54, 1.807) is 6.20 Å². The molecule has 0 unspecified atom stereocenters. The van der Waals surface area contributed by atoms with Crippen LogP contribution in [-0.4, -0.2) is 19.5 Å². The molecule has 2 heterocycles. The predicted molar refractivity (Wildman–Crippen MR) is 78.5 cm³/mol. The highest BCUT2D eigenvalue weighted by Crippen LogP contribution is 2.18. The van der Waals surface area contributed by atoms with Crippen molar-refractivity contribution < 1.29 is 0 Å². The lowest BCUT2D eigenvalue weighted by Gasteiger charge is -2.04. The second-order valence-corrected chi connectivity index (χ2v) is 5.17. The van der Waals surface area contributed by atoms with Gasteiger partial charge in [0.15, 0.2) is 5.65 Å². The summed E-state index contributed by atoms with van der Waals surface area (Å²) in [5, 5.41) is 3.18. The Morgan fingerprint density at radius 1 is 1.16 bits per heavy atom. The predicted octanol–water partition coefficient (Wildman–Crippen LogP) is 3.18. The molecule has 0 amide bonds. The van der Waals surface area contributed by atoms with Crippen molar-refractivity contribution in [2.24, 2.45) is 7.05 Å². The maximum Gasteiger partial charge on any atom is 0.229 e. The fourth-order valence-electron chi connectivity index (χ4n) is 1.82. The average Bonchev–Trinajstić information content (AvgIpc) is 2.69. The van der Waals surface area contributed by atoms with Crippen LogP contribution in [0, 0.1) is 6.92 Å². The van der Waals surface area contributed by atoms with E-state index in [0.717, 1.165) is 27.1 Å². The molecule has 0 spiro atoms. The summed E-state index contributed by atoms with van der Waals surface area (Å²) in [5.41, 5.74) is 2.58. The smallest absolute Gasteiger partial charge is 0.229 e. The summed E-state index contributed by atoms with van der Waals surface area (Å²) in [6, 6.07) is 7.86. The lowest BCUT2D eigenvalue weighted by molar-refractivity contribution is 0.873. The van der Waals surface area contributed by atoms with Gasteiger partial charge in [0, 0.05) is 17.2 Å². The van der Waals surface area contributed by atoms with Gasteiger partial charge >= 0.3 is 0 Å². The maximum atomic E-state index is 4.48. The Morgan fingerprint density at radius 2 is 1.89 bits per heavy atom. The molecule has 0 radical (unpaired) electrons. The molecule has 0 bridgehead atoms. The Kier molecular flexibility index (Phi) is 2.94. The number of aryl methyl sites for hydroxylation is 2. The normalized spacial score (nSPS) is 10.9. The highest BCUT2D eigenvalue weighted by molar-refractivity contribution is 9.10. The molecule has 0 saturated heterocycles. The molecule has 3 aromatic rings. The van der Waals surface area contributed by atoms with Crippen LogP contribution in [0.5, 0.6) is 0 Å². The number of halogens is 1. The molecule has 96 valence electrons. The second-order valence-electron chi connectivity index (χ2n) is 4.25. The third-order valence-corrected chi connectivity index (χ3v) is 3.46. The van der Waals surface area contributed by atoms with E-state index >= 15 is 0 Å². The molecule has 0 saturated carbocycles. The van der Waals surface area contributed by atoms with Crippen molar-refractivity contribution >= 4 is 38.7 Å². The fourth-order valence-corrected chi connectivity index (χ4v) is 2.08. The molecule has 0 aliphatic heterocycles. The quantitative estimate of drug-likeness (QED) is 0.788. The lowest BCUT2D eigenvalue weighted by atomic mass is 10.3. The molecule has 0 atom stereocenters. The molecule has 5 nitrogen and oxygen atoms in total. The maximum absolute atomic E-state index is 4.48. The van der Waals surface area contributed by atoms with Gasteiger partial charge in [0.25, 0.3) is 0 Å². The number of aromatic nitrogens is 4. The zero-order valence-corrected chi connectivity index (χ0v) is 12.1. The van der Waals surface area contributed by atoms with Crippen molar-refractivity contribution in [3.05, 3.63) is 40.8 Å². The van der Waals surface area contributed by atoms with Crippen LogP contribution in [0.2, 0.25) is 0 Å². The monoisotopic (exact) mass is 317 g/mol. The van der Waals surface area contributed by atoms with Crippen LogP contribution in [0.1, 0.15) is 5.82 Å². The largest absolute Gasteiger partial charge is 0.324 e. The summed E-state index contributed by atoms with van der Waals surface area (Å²) >= 11 is 3.41. The average molecular weight is 318 g/mol. The second kappa shape index (κ2) is 4.62. The molecular weight excluding hydrogens is 306 g/mol. The van der Waals surface area contributed by atoms with E-state index in [-0.39, 0.29) is 0 Å². The Morgan fingerprint density at radius 3 is 2.63 bits per heavy atom. The van der Waals surface area contributed by atoms with Crippen LogP contribution in [0.15, 0.2) is 34.9 Å². The highest BCUT2D eigenvalue weighted by Gasteiger charge is 2.07. The standard InChI is InChI=1S/C13H12BrN5/c1-8-16-11-7-15-13(18-12(11)19(8)2)17-10-5-3-9(14)4-6-10/h3-7H,1-2H3,(H,15,17,18). The highest BCUT2D eigenvalue weighted by atomic mass is 79.9. The van der Waals surface area contributed by atoms with Crippen molar-refractivity contribution in [2.45, 2.75) is 6.92 Å². The molecule has 0 aliphatic rings. The first-order valence-electron chi connectivity index (χ1n) is 5.82. The number of nitrogens with one attached hydrogen (secondary N) is 1. The third-order valence-electron chi connectivity index (χ3n) is 2.94. The van der Waals surface area contributed by atoms with Crippen molar-refractivity contribution in [2.75, 3.05) is 5.32 Å². The van der Waals surface area contributed by atoms with Gasteiger partial charge in [-0.05, 0) is 31.2 Å². The van der Waals surface area contributed by atoms with Crippen molar-refractivity contribution in [3.8, 4) is 0 Å². The van der Waals surface area contributed by atoms with Crippen LogP contribution in [0.3, 0.4) is 0 Å². The van der Waals surface area contributed by atoms with Gasteiger partial charge in [-0.2, -0.15) is 4.98 Å². The van der Waals surface area contributed by atoms with Gasteiger partial charge in [0.1, 0.15) is 11.3 Å². The minimum atomic E-state index is 0.567. The molecule has 0 aliphatic carbocycles. The molecule has 19 heavy (non-hydrogen) atoms. The molecule has 1 aromatic carbocycles. The van der Waals surface area contributed by atoms with Crippen LogP contribution in [0.25, 0.3) is 11.2 Å². The molecule has 3 rings (SSSR count). The van der Waals surface area contributed by atoms with E-state index in [1.165, 1.54) is 0 Å². The molecule has 1 N–H and O–H groups in total. The number of hydrogen-bond acceptors (Lipinski definition) is 4. The topological polar surface area (TPSA) is 55.6 Å². The van der Waals surface area contributed by atoms with Crippen molar-refractivity contribution in [3.63, 3.8) is 0 Å². The first-order valence-corrected chi connectivity index (χ1v) is 6.61. The SMILES string of the molecule is Cc1nc2cnc(Nc3ccc(Br)cc3)nc2n1C. The fraction of sp³-hybridized carbons (Fsp3) is 0.154. The summed E-state index contributed by atoms with van der Waals surface area (Å²) in [7, 11) is 1.95. The van der Waals surface area contributed by atoms with Gasteiger partial charge in [-0.3, -0.25) is 0 Å². The number of imidazole rings is 1. The van der Waals surface area contributed by atoms with Gasteiger partial charge in [0.2, 0.25) is 5.95 Å². The van der Waals surface area contributed by atoms with Gasteiger partial charge in [-0.15, -0.1) is 0 Å². The summed E-state index contributed by atoms with van der Waals surface area (Å²) < 4.78 is 2.99. The number of benzene rings is 1. The minimum Gasteiger partial charge on any atom is -0.324 e. The van der Waals surface area contributed by atoms with Gasteiger partial charge < -0.3 is 9.88 Å². The van der Waals surface area contributed by atoms with Gasteiger partial charge in [-0.25, -0.2) is 9.97 Å². The Hall–Kier alpha value is -1.95. The van der Waals surface area contributed by atoms with Crippen LogP contribution >= 0.6 is 15.9 Å². The zero-order valence-electron chi connectivity index (χ0n) is 10.6. The first kappa shape index (κ1) is 12.1. The Balaban J connectivity index is 1.97. The van der Waals surface area contributed by atoms with E-state index in [1.807, 2.05) is 42.8 Å². The van der Waals surface area contributed by atoms with E-state index < -0.39 is 0 Å². The molecular formula is C13H12BrN5. The van der Waals surface area contributed by atoms with Crippen molar-refractivity contribution in [1.29, 1.82) is 0 Å². The Bertz CT molecular complexity index is 733. The van der Waals surface area contributed by atoms with Crippen LogP contribution in [-0.2, 0) is 7.05 Å². The van der Waals surface area contributed by atoms with Crippen LogP contribution < -0.4 is 5.32 Å². The van der Waals surface area contributed by atoms with Gasteiger partial charge in [-0.1, -0.05) is 15.9 Å².